The molecule has 498 valence electrons. The molecule has 0 saturated heterocycles. The van der Waals surface area contributed by atoms with Crippen molar-refractivity contribution in [2.24, 2.45) is 0 Å². The highest BCUT2D eigenvalue weighted by Crippen LogP contribution is 2.49. The van der Waals surface area contributed by atoms with Crippen LogP contribution in [0.5, 0.6) is 0 Å². The smallest absolute Gasteiger partial charge is 0.106 e. The summed E-state index contributed by atoms with van der Waals surface area (Å²) in [4.78, 5) is 0. The van der Waals surface area contributed by atoms with Gasteiger partial charge >= 0.3 is 0 Å². The topological polar surface area (TPSA) is 55.3 Å². The Labute approximate surface area is 558 Å². The van der Waals surface area contributed by atoms with Crippen LogP contribution in [-0.2, 0) is 23.1 Å². The van der Waals surface area contributed by atoms with Crippen molar-refractivity contribution in [2.45, 2.75) is 278 Å². The number of rotatable bonds is 47. The van der Waals surface area contributed by atoms with E-state index in [2.05, 4.69) is 110 Å². The second-order valence-corrected chi connectivity index (χ2v) is 28.6. The van der Waals surface area contributed by atoms with Crippen molar-refractivity contribution in [3.8, 4) is 0 Å². The molecule has 0 fully saturated rings. The van der Waals surface area contributed by atoms with Crippen LogP contribution in [-0.4, -0.2) is 70.7 Å². The zero-order valence-corrected chi connectivity index (χ0v) is 60.2. The van der Waals surface area contributed by atoms with Crippen molar-refractivity contribution in [2.75, 3.05) is 54.4 Å². The van der Waals surface area contributed by atoms with E-state index in [4.69, 9.17) is 27.9 Å². The van der Waals surface area contributed by atoms with Gasteiger partial charge in [0.05, 0.1) is 61.7 Å². The first-order valence-corrected chi connectivity index (χ1v) is 37.0. The van der Waals surface area contributed by atoms with Crippen molar-refractivity contribution in [1.29, 1.82) is 0 Å². The minimum absolute atomic E-state index is 0.331. The molecule has 0 aliphatic carbocycles. The Morgan fingerprint density at radius 1 is 0.393 bits per heavy atom. The predicted molar refractivity (Wildman–Crippen MR) is 387 cm³/mol. The van der Waals surface area contributed by atoms with Crippen LogP contribution in [0.1, 0.15) is 283 Å². The molecule has 8 heteroatoms. The zero-order chi connectivity index (χ0) is 64.9. The molecular formula is C81H129BCl2N2O3. The maximum Gasteiger partial charge on any atom is 0.106 e. The minimum atomic E-state index is -2.49. The quantitative estimate of drug-likeness (QED) is 0.0222. The molecule has 0 N–H and O–H groups in total. The lowest BCUT2D eigenvalue weighted by atomic mass is 9.69. The van der Waals surface area contributed by atoms with E-state index in [1.165, 1.54) is 252 Å². The maximum atomic E-state index is 12.2. The Kier molecular flexibility index (Phi) is 43.3. The van der Waals surface area contributed by atoms with E-state index in [9.17, 15) is 10.0 Å². The van der Waals surface area contributed by atoms with Crippen LogP contribution < -0.4 is 10.0 Å². The molecule has 5 aromatic rings. The van der Waals surface area contributed by atoms with E-state index >= 15 is 0 Å². The average molecular weight is 1260 g/mol. The second kappa shape index (κ2) is 48.3. The lowest BCUT2D eigenvalue weighted by Crippen LogP contribution is -2.55. The molecule has 0 amide bonds. The molecule has 0 bridgehead atoms. The van der Waals surface area contributed by atoms with Crippen LogP contribution in [0, 0.1) is 20.8 Å². The summed E-state index contributed by atoms with van der Waals surface area (Å²) in [6.07, 6.45) is 48.1. The first kappa shape index (κ1) is 79.8. The summed E-state index contributed by atoms with van der Waals surface area (Å²) in [6.45, 7) is 17.8. The molecule has 0 aromatic heterocycles. The maximum absolute atomic E-state index is 12.2. The van der Waals surface area contributed by atoms with Gasteiger partial charge < -0.3 is 23.7 Å². The lowest BCUT2D eigenvalue weighted by molar-refractivity contribution is -0.890. The molecule has 0 spiro atoms. The highest BCUT2D eigenvalue weighted by atomic mass is 35.5. The Morgan fingerprint density at radius 2 is 0.730 bits per heavy atom. The molecule has 89 heavy (non-hydrogen) atoms. The molecule has 5 rings (SSSR count). The third-order valence-electron chi connectivity index (χ3n) is 18.7. The number of aryl methyl sites for hydroxylation is 5. The molecule has 5 nitrogen and oxygen atoms in total. The van der Waals surface area contributed by atoms with Gasteiger partial charge in [0.2, 0.25) is 0 Å². The van der Waals surface area contributed by atoms with Crippen molar-refractivity contribution in [1.82, 2.24) is 0 Å². The van der Waals surface area contributed by atoms with Crippen LogP contribution >= 0.6 is 23.2 Å². The Balaban J connectivity index is 0.000000351. The van der Waals surface area contributed by atoms with Crippen molar-refractivity contribution < 1.29 is 23.7 Å². The summed E-state index contributed by atoms with van der Waals surface area (Å²) in [7, 11) is 7.15. The Bertz CT molecular complexity index is 2400. The molecule has 0 saturated carbocycles. The Morgan fingerprint density at radius 3 is 1.09 bits per heavy atom. The molecule has 0 radical (unpaired) electrons. The minimum Gasteiger partial charge on any atom is -0.871 e. The number of unbranched alkanes of at least 4 members (excludes halogenated alkanes) is 27. The average Bonchev–Trinajstić information content (AvgIpc) is 0.821. The van der Waals surface area contributed by atoms with Gasteiger partial charge in [0.15, 0.2) is 0 Å². The molecule has 2 atom stereocenters. The number of nitrogens with zero attached hydrogens (tertiary/aromatic N) is 2. The number of hydrogen-bond donors (Lipinski definition) is 0. The monoisotopic (exact) mass is 1260 g/mol. The zero-order valence-electron chi connectivity index (χ0n) is 58.7. The summed E-state index contributed by atoms with van der Waals surface area (Å²) in [5.41, 5.74) is 6.91. The number of benzene rings is 5. The van der Waals surface area contributed by atoms with Gasteiger partial charge in [-0.25, -0.2) is 0 Å². The number of halogens is 2. The summed E-state index contributed by atoms with van der Waals surface area (Å²) < 4.78 is 8.29. The van der Waals surface area contributed by atoms with E-state index in [0.29, 0.717) is 22.0 Å². The molecule has 0 aliphatic heterocycles. The summed E-state index contributed by atoms with van der Waals surface area (Å²) in [6, 6.07) is 41.2. The largest absolute Gasteiger partial charge is 0.871 e. The summed E-state index contributed by atoms with van der Waals surface area (Å²) >= 11 is 13.1. The first-order valence-electron chi connectivity index (χ1n) is 36.3. The van der Waals surface area contributed by atoms with Gasteiger partial charge in [-0.3, -0.25) is 0 Å². The predicted octanol–water partition coefficient (Wildman–Crippen LogP) is 22.2. The highest BCUT2D eigenvalue weighted by Gasteiger charge is 2.43. The highest BCUT2D eigenvalue weighted by molar-refractivity contribution is 6.31. The standard InChI is InChI=1S/C27H29BCl2O3.2C27H50N/c1-5-6-7-24(21-12-10-19(3)25(29)16-21)27(33-28(31)32,22-13-8-18(2)9-14-22)23-15-11-20(4)26(30)17-23;2*1-4-5-6-7-8-9-10-11-12-13-14-15-16-20-25-28(2,3)26-21-24-27-22-18-17-19-23-27/h8-17,24H,5-7H2,1-4H3;2*17-19,22-23H,4-16,20-21,24-26H2,1-3H3/q-2;2*+1. The van der Waals surface area contributed by atoms with Crippen LogP contribution in [0.25, 0.3) is 0 Å². The third kappa shape index (κ3) is 35.4. The van der Waals surface area contributed by atoms with Crippen molar-refractivity contribution in [3.05, 3.63) is 176 Å². The molecule has 0 heterocycles. The van der Waals surface area contributed by atoms with E-state index in [1.807, 2.05) is 81.4 Å². The van der Waals surface area contributed by atoms with Gasteiger partial charge in [-0.15, -0.1) is 0 Å². The first-order chi connectivity index (χ1) is 43.0. The van der Waals surface area contributed by atoms with Gasteiger partial charge in [0.1, 0.15) is 5.60 Å². The fourth-order valence-corrected chi connectivity index (χ4v) is 13.2. The molecular weight excluding hydrogens is 1130 g/mol. The molecule has 5 aromatic carbocycles. The van der Waals surface area contributed by atoms with Gasteiger partial charge in [0.25, 0.3) is 0 Å². The summed E-state index contributed by atoms with van der Waals surface area (Å²) in [5.74, 6) is -0.331. The van der Waals surface area contributed by atoms with E-state index in [0.717, 1.165) is 40.7 Å². The van der Waals surface area contributed by atoms with Gasteiger partial charge in [-0.2, -0.15) is 0 Å². The normalized spacial score (nSPS) is 12.7. The van der Waals surface area contributed by atoms with Crippen LogP contribution in [0.15, 0.2) is 121 Å². The van der Waals surface area contributed by atoms with E-state index < -0.39 is 12.9 Å². The van der Waals surface area contributed by atoms with Gasteiger partial charge in [0, 0.05) is 28.8 Å². The number of quaternary nitrogens is 2. The van der Waals surface area contributed by atoms with Gasteiger partial charge in [-0.1, -0.05) is 326 Å². The van der Waals surface area contributed by atoms with E-state index in [1.54, 1.807) is 0 Å². The third-order valence-corrected chi connectivity index (χ3v) is 19.5. The molecule has 2 unspecified atom stereocenters. The lowest BCUT2D eigenvalue weighted by Gasteiger charge is -2.49. The summed E-state index contributed by atoms with van der Waals surface area (Å²) in [5, 5.41) is 25.6. The Hall–Kier alpha value is -3.46. The van der Waals surface area contributed by atoms with Crippen LogP contribution in [0.3, 0.4) is 0 Å². The van der Waals surface area contributed by atoms with Crippen molar-refractivity contribution >= 4 is 30.5 Å². The van der Waals surface area contributed by atoms with E-state index in [-0.39, 0.29) is 5.92 Å². The number of hydrogen-bond acceptors (Lipinski definition) is 3. The fraction of sp³-hybridized carbons (Fsp3) is 0.630. The second-order valence-electron chi connectivity index (χ2n) is 27.8. The van der Waals surface area contributed by atoms with Crippen molar-refractivity contribution in [3.63, 3.8) is 0 Å². The van der Waals surface area contributed by atoms with Gasteiger partial charge in [-0.05, 0) is 117 Å². The molecule has 0 aliphatic rings. The SMILES string of the molecule is CCCCC(c1ccc(C)c(Cl)c1)C(OB([O-])[O-])(c1ccc(C)cc1)c1ccc(C)c(Cl)c1.CCCCCCCCCCCCCCCC[N+](C)(C)CCCc1ccccc1.CCCCCCCCCCCCCCCC[N+](C)(C)CCCc1ccccc1. The van der Waals surface area contributed by atoms with Crippen LogP contribution in [0.2, 0.25) is 10.0 Å². The van der Waals surface area contributed by atoms with Crippen LogP contribution in [0.4, 0.5) is 0 Å². The fourth-order valence-electron chi connectivity index (χ4n) is 12.8.